The summed E-state index contributed by atoms with van der Waals surface area (Å²) in [5.41, 5.74) is 1.79. The van der Waals surface area contributed by atoms with E-state index in [0.29, 0.717) is 16.2 Å². The number of carbonyl (C=O) groups is 1. The molecular formula is C11H9BrN2O2S. The van der Waals surface area contributed by atoms with Crippen molar-refractivity contribution in [2.75, 3.05) is 7.11 Å². The lowest BCUT2D eigenvalue weighted by molar-refractivity contribution is 0.0595. The zero-order valence-electron chi connectivity index (χ0n) is 8.91. The summed E-state index contributed by atoms with van der Waals surface area (Å²) in [6, 6.07) is 7.54. The number of imidazole rings is 1. The number of hydrogen-bond donors (Lipinski definition) is 2. The molecule has 0 saturated carbocycles. The van der Waals surface area contributed by atoms with Crippen molar-refractivity contribution >= 4 is 34.1 Å². The fraction of sp³-hybridized carbons (Fsp3) is 0.0909. The van der Waals surface area contributed by atoms with Crippen LogP contribution >= 0.6 is 28.1 Å². The Hall–Kier alpha value is -1.40. The maximum Gasteiger partial charge on any atom is 0.356 e. The fourth-order valence-corrected chi connectivity index (χ4v) is 2.19. The van der Waals surface area contributed by atoms with Crippen LogP contribution in [0.1, 0.15) is 10.5 Å². The monoisotopic (exact) mass is 312 g/mol. The third kappa shape index (κ3) is 2.32. The van der Waals surface area contributed by atoms with E-state index >= 15 is 0 Å². The fourth-order valence-electron chi connectivity index (χ4n) is 1.50. The van der Waals surface area contributed by atoms with Crippen molar-refractivity contribution in [3.8, 4) is 11.3 Å². The van der Waals surface area contributed by atoms with Gasteiger partial charge in [-0.2, -0.15) is 0 Å². The number of rotatable bonds is 2. The van der Waals surface area contributed by atoms with Crippen LogP contribution in [-0.2, 0) is 4.74 Å². The van der Waals surface area contributed by atoms with E-state index in [9.17, 15) is 4.79 Å². The Morgan fingerprint density at radius 1 is 1.35 bits per heavy atom. The van der Waals surface area contributed by atoms with Gasteiger partial charge in [0.1, 0.15) is 0 Å². The highest BCUT2D eigenvalue weighted by molar-refractivity contribution is 9.10. The molecule has 1 heterocycles. The van der Waals surface area contributed by atoms with Crippen LogP contribution in [0.25, 0.3) is 11.3 Å². The summed E-state index contributed by atoms with van der Waals surface area (Å²) in [6.07, 6.45) is 0. The van der Waals surface area contributed by atoms with Gasteiger partial charge >= 0.3 is 5.97 Å². The number of H-pyrrole nitrogens is 2. The Balaban J connectivity index is 2.64. The molecule has 6 heteroatoms. The van der Waals surface area contributed by atoms with Gasteiger partial charge in [0.15, 0.2) is 10.5 Å². The summed E-state index contributed by atoms with van der Waals surface area (Å²) in [5.74, 6) is -0.455. The number of methoxy groups -OCH3 is 1. The average molecular weight is 313 g/mol. The Kier molecular flexibility index (Phi) is 3.44. The Morgan fingerprint density at radius 2 is 2.06 bits per heavy atom. The number of aromatic amines is 2. The van der Waals surface area contributed by atoms with Crippen LogP contribution in [-0.4, -0.2) is 23.0 Å². The van der Waals surface area contributed by atoms with Crippen LogP contribution in [0.15, 0.2) is 28.7 Å². The summed E-state index contributed by atoms with van der Waals surface area (Å²) in [6.45, 7) is 0. The molecule has 0 atom stereocenters. The second-order valence-corrected chi connectivity index (χ2v) is 4.56. The van der Waals surface area contributed by atoms with Crippen molar-refractivity contribution < 1.29 is 9.53 Å². The van der Waals surface area contributed by atoms with Crippen LogP contribution < -0.4 is 0 Å². The standard InChI is InChI=1S/C11H9BrN2O2S/c1-16-10(15)9-8(13-11(17)14-9)6-4-2-3-5-7(6)12/h2-5H,1H3,(H2,13,14,17). The van der Waals surface area contributed by atoms with Crippen LogP contribution in [0, 0.1) is 4.77 Å². The minimum atomic E-state index is -0.455. The highest BCUT2D eigenvalue weighted by Crippen LogP contribution is 2.28. The second-order valence-electron chi connectivity index (χ2n) is 3.30. The number of hydrogen-bond acceptors (Lipinski definition) is 3. The Morgan fingerprint density at radius 3 is 2.71 bits per heavy atom. The third-order valence-electron chi connectivity index (χ3n) is 2.26. The number of aromatic nitrogens is 2. The maximum absolute atomic E-state index is 11.6. The molecule has 4 nitrogen and oxygen atoms in total. The lowest BCUT2D eigenvalue weighted by atomic mass is 10.1. The summed E-state index contributed by atoms with van der Waals surface area (Å²) in [4.78, 5) is 17.3. The summed E-state index contributed by atoms with van der Waals surface area (Å²) >= 11 is 8.42. The first-order chi connectivity index (χ1) is 8.13. The van der Waals surface area contributed by atoms with E-state index in [2.05, 4.69) is 25.9 Å². The van der Waals surface area contributed by atoms with E-state index in [1.165, 1.54) is 7.11 Å². The molecule has 2 rings (SSSR count). The van der Waals surface area contributed by atoms with E-state index in [4.69, 9.17) is 17.0 Å². The van der Waals surface area contributed by atoms with Gasteiger partial charge in [0.2, 0.25) is 0 Å². The quantitative estimate of drug-likeness (QED) is 0.661. The highest BCUT2D eigenvalue weighted by atomic mass is 79.9. The van der Waals surface area contributed by atoms with Gasteiger partial charge in [-0.1, -0.05) is 34.1 Å². The van der Waals surface area contributed by atoms with Crippen LogP contribution in [0.5, 0.6) is 0 Å². The number of nitrogens with one attached hydrogen (secondary N) is 2. The van der Waals surface area contributed by atoms with Gasteiger partial charge in [-0.05, 0) is 18.3 Å². The van der Waals surface area contributed by atoms with Crippen molar-refractivity contribution in [2.24, 2.45) is 0 Å². The molecule has 1 aromatic carbocycles. The van der Waals surface area contributed by atoms with Gasteiger partial charge in [0.05, 0.1) is 12.8 Å². The third-order valence-corrected chi connectivity index (χ3v) is 3.16. The maximum atomic E-state index is 11.6. The predicted octanol–water partition coefficient (Wildman–Crippen LogP) is 3.29. The number of benzene rings is 1. The molecule has 0 amide bonds. The van der Waals surface area contributed by atoms with E-state index in [1.54, 1.807) is 0 Å². The molecule has 0 bridgehead atoms. The summed E-state index contributed by atoms with van der Waals surface area (Å²) in [5, 5.41) is 0. The van der Waals surface area contributed by atoms with Crippen LogP contribution in [0.3, 0.4) is 0 Å². The molecule has 0 unspecified atom stereocenters. The van der Waals surface area contributed by atoms with Crippen LogP contribution in [0.4, 0.5) is 0 Å². The molecule has 2 aromatic rings. The molecule has 88 valence electrons. The topological polar surface area (TPSA) is 57.9 Å². The zero-order chi connectivity index (χ0) is 12.4. The first kappa shape index (κ1) is 12.1. The van der Waals surface area contributed by atoms with E-state index in [-0.39, 0.29) is 0 Å². The Bertz CT molecular complexity index is 618. The van der Waals surface area contributed by atoms with Crippen molar-refractivity contribution in [2.45, 2.75) is 0 Å². The largest absolute Gasteiger partial charge is 0.464 e. The van der Waals surface area contributed by atoms with Crippen molar-refractivity contribution in [3.63, 3.8) is 0 Å². The normalized spacial score (nSPS) is 10.2. The van der Waals surface area contributed by atoms with Gasteiger partial charge in [-0.3, -0.25) is 0 Å². The minimum absolute atomic E-state index is 0.324. The smallest absolute Gasteiger partial charge is 0.356 e. The van der Waals surface area contributed by atoms with Crippen molar-refractivity contribution in [1.29, 1.82) is 0 Å². The van der Waals surface area contributed by atoms with Gasteiger partial charge in [0, 0.05) is 10.0 Å². The molecule has 2 N–H and O–H groups in total. The van der Waals surface area contributed by atoms with E-state index in [0.717, 1.165) is 10.0 Å². The average Bonchev–Trinajstić information content (AvgIpc) is 2.71. The molecule has 0 saturated heterocycles. The van der Waals surface area contributed by atoms with Crippen molar-refractivity contribution in [1.82, 2.24) is 9.97 Å². The van der Waals surface area contributed by atoms with E-state index in [1.807, 2.05) is 24.3 Å². The SMILES string of the molecule is COC(=O)c1[nH]c(=S)[nH]c1-c1ccccc1Br. The number of halogens is 1. The lowest BCUT2D eigenvalue weighted by Crippen LogP contribution is -2.03. The first-order valence-electron chi connectivity index (χ1n) is 4.79. The molecule has 0 aliphatic carbocycles. The van der Waals surface area contributed by atoms with Gasteiger partial charge in [0.25, 0.3) is 0 Å². The van der Waals surface area contributed by atoms with Gasteiger partial charge < -0.3 is 14.7 Å². The molecule has 0 radical (unpaired) electrons. The Labute approximate surface area is 111 Å². The first-order valence-corrected chi connectivity index (χ1v) is 5.99. The summed E-state index contributed by atoms with van der Waals surface area (Å²) < 4.78 is 5.96. The molecule has 17 heavy (non-hydrogen) atoms. The molecule has 0 fully saturated rings. The summed E-state index contributed by atoms with van der Waals surface area (Å²) in [7, 11) is 1.33. The molecular weight excluding hydrogens is 304 g/mol. The molecule has 1 aromatic heterocycles. The van der Waals surface area contributed by atoms with Gasteiger partial charge in [-0.25, -0.2) is 4.79 Å². The van der Waals surface area contributed by atoms with E-state index < -0.39 is 5.97 Å². The molecule has 0 aliphatic rings. The zero-order valence-corrected chi connectivity index (χ0v) is 11.3. The van der Waals surface area contributed by atoms with Crippen LogP contribution in [0.2, 0.25) is 0 Å². The van der Waals surface area contributed by atoms with Gasteiger partial charge in [-0.15, -0.1) is 0 Å². The van der Waals surface area contributed by atoms with Crippen molar-refractivity contribution in [3.05, 3.63) is 39.2 Å². The lowest BCUT2D eigenvalue weighted by Gasteiger charge is -2.03. The molecule has 0 spiro atoms. The number of esters is 1. The predicted molar refractivity (Wildman–Crippen MR) is 70.5 cm³/mol. The number of carbonyl (C=O) groups excluding carboxylic acids is 1. The second kappa shape index (κ2) is 4.85. The minimum Gasteiger partial charge on any atom is -0.464 e. The number of ether oxygens (including phenoxy) is 1. The highest BCUT2D eigenvalue weighted by Gasteiger charge is 2.17. The molecule has 0 aliphatic heterocycles.